The number of nitrogens with zero attached hydrogens (tertiary/aromatic N) is 2. The number of fused-ring (bicyclic) bond motifs is 1. The Morgan fingerprint density at radius 2 is 1.97 bits per heavy atom. The number of benzene rings is 2. The third-order valence-corrected chi connectivity index (χ3v) is 6.23. The minimum Gasteiger partial charge on any atom is -0.367 e. The number of anilines is 2. The molecule has 0 aromatic heterocycles. The van der Waals surface area contributed by atoms with Crippen molar-refractivity contribution in [3.8, 4) is 0 Å². The molecule has 4 rings (SSSR count). The number of likely N-dealkylation sites (tertiary alicyclic amines) is 1. The van der Waals surface area contributed by atoms with Crippen molar-refractivity contribution < 1.29 is 9.59 Å². The molecule has 0 aliphatic carbocycles. The van der Waals surface area contributed by atoms with Crippen LogP contribution in [0.4, 0.5) is 11.4 Å². The highest BCUT2D eigenvalue weighted by Crippen LogP contribution is 2.31. The van der Waals surface area contributed by atoms with Gasteiger partial charge in [-0.1, -0.05) is 35.9 Å². The van der Waals surface area contributed by atoms with Crippen LogP contribution in [-0.4, -0.2) is 35.8 Å². The molecule has 2 aliphatic rings. The lowest BCUT2D eigenvalue weighted by Crippen LogP contribution is -2.49. The van der Waals surface area contributed by atoms with Crippen molar-refractivity contribution in [1.29, 1.82) is 0 Å². The van der Waals surface area contributed by atoms with Gasteiger partial charge in [0.2, 0.25) is 11.8 Å². The van der Waals surface area contributed by atoms with Crippen LogP contribution in [0, 0.1) is 0 Å². The van der Waals surface area contributed by atoms with Crippen LogP contribution in [0.15, 0.2) is 42.5 Å². The number of nitrogens with one attached hydrogen (secondary N) is 1. The van der Waals surface area contributed by atoms with Gasteiger partial charge in [-0.05, 0) is 55.0 Å². The van der Waals surface area contributed by atoms with Crippen LogP contribution in [0.5, 0.6) is 0 Å². The maximum absolute atomic E-state index is 12.7. The zero-order valence-corrected chi connectivity index (χ0v) is 17.4. The van der Waals surface area contributed by atoms with Crippen molar-refractivity contribution in [3.05, 3.63) is 58.6 Å². The smallest absolute Gasteiger partial charge is 0.247 e. The van der Waals surface area contributed by atoms with E-state index in [1.54, 1.807) is 11.0 Å². The first-order chi connectivity index (χ1) is 14.0. The summed E-state index contributed by atoms with van der Waals surface area (Å²) < 4.78 is 0. The van der Waals surface area contributed by atoms with Crippen LogP contribution in [-0.2, 0) is 22.6 Å². The quantitative estimate of drug-likeness (QED) is 0.818. The first kappa shape index (κ1) is 19.8. The van der Waals surface area contributed by atoms with E-state index in [4.69, 9.17) is 11.6 Å². The Hall–Kier alpha value is -2.53. The summed E-state index contributed by atoms with van der Waals surface area (Å²) in [5.41, 5.74) is 4.33. The van der Waals surface area contributed by atoms with Crippen LogP contribution < -0.4 is 10.2 Å². The fourth-order valence-electron chi connectivity index (χ4n) is 4.34. The first-order valence-electron chi connectivity index (χ1n) is 10.2. The Balaban J connectivity index is 1.44. The number of halogens is 1. The van der Waals surface area contributed by atoms with Gasteiger partial charge >= 0.3 is 0 Å². The van der Waals surface area contributed by atoms with Gasteiger partial charge in [-0.15, -0.1) is 0 Å². The normalized spacial score (nSPS) is 18.5. The number of rotatable bonds is 4. The van der Waals surface area contributed by atoms with Gasteiger partial charge in [-0.2, -0.15) is 0 Å². The van der Waals surface area contributed by atoms with Crippen LogP contribution in [0.3, 0.4) is 0 Å². The van der Waals surface area contributed by atoms with Gasteiger partial charge in [0.25, 0.3) is 0 Å². The van der Waals surface area contributed by atoms with E-state index in [1.807, 2.05) is 12.1 Å². The van der Waals surface area contributed by atoms with E-state index in [0.29, 0.717) is 23.7 Å². The molecule has 2 amide bonds. The molecule has 2 aliphatic heterocycles. The van der Waals surface area contributed by atoms with Crippen LogP contribution in [0.25, 0.3) is 0 Å². The third kappa shape index (κ3) is 4.25. The second kappa shape index (κ2) is 8.46. The standard InChI is InChI=1S/C23H26ClN3O2/c1-16(28)27-12-5-4-8-22(27)23(29)25-19-10-9-18(20(24)14-19)15-26-13-11-17-6-2-3-7-21(17)26/h2-3,6-7,9-10,14,22H,4-5,8,11-13,15H2,1H3,(H,25,29)/t22-/m1/s1. The minimum absolute atomic E-state index is 0.0517. The molecule has 29 heavy (non-hydrogen) atoms. The van der Waals surface area contributed by atoms with Crippen molar-refractivity contribution in [2.24, 2.45) is 0 Å². The maximum Gasteiger partial charge on any atom is 0.247 e. The lowest BCUT2D eigenvalue weighted by molar-refractivity contribution is -0.138. The van der Waals surface area contributed by atoms with Gasteiger partial charge in [0, 0.05) is 43.0 Å². The molecule has 1 saturated heterocycles. The van der Waals surface area contributed by atoms with Gasteiger partial charge in [-0.25, -0.2) is 0 Å². The number of hydrogen-bond donors (Lipinski definition) is 1. The fraction of sp³-hybridized carbons (Fsp3) is 0.391. The van der Waals surface area contributed by atoms with Gasteiger partial charge in [0.15, 0.2) is 0 Å². The summed E-state index contributed by atoms with van der Waals surface area (Å²) in [4.78, 5) is 28.6. The first-order valence-corrected chi connectivity index (χ1v) is 10.6. The van der Waals surface area contributed by atoms with Crippen LogP contribution in [0.2, 0.25) is 5.02 Å². The Kier molecular flexibility index (Phi) is 5.76. The summed E-state index contributed by atoms with van der Waals surface area (Å²) in [5.74, 6) is -0.193. The Labute approximate surface area is 176 Å². The molecule has 1 N–H and O–H groups in total. The van der Waals surface area contributed by atoms with Crippen molar-refractivity contribution in [2.75, 3.05) is 23.3 Å². The SMILES string of the molecule is CC(=O)N1CCCC[C@@H]1C(=O)Nc1ccc(CN2CCc3ccccc32)c(Cl)c1. The predicted molar refractivity (Wildman–Crippen MR) is 116 cm³/mol. The van der Waals surface area contributed by atoms with Crippen LogP contribution in [0.1, 0.15) is 37.3 Å². The summed E-state index contributed by atoms with van der Waals surface area (Å²) in [6.07, 6.45) is 3.66. The number of hydrogen-bond acceptors (Lipinski definition) is 3. The number of amides is 2. The number of piperidine rings is 1. The summed E-state index contributed by atoms with van der Waals surface area (Å²) in [7, 11) is 0. The zero-order valence-electron chi connectivity index (χ0n) is 16.7. The predicted octanol–water partition coefficient (Wildman–Crippen LogP) is 4.24. The minimum atomic E-state index is -0.402. The molecule has 2 aromatic rings. The average molecular weight is 412 g/mol. The molecular formula is C23H26ClN3O2. The van der Waals surface area contributed by atoms with Gasteiger partial charge in [-0.3, -0.25) is 9.59 Å². The van der Waals surface area contributed by atoms with Crippen molar-refractivity contribution in [3.63, 3.8) is 0 Å². The van der Waals surface area contributed by atoms with E-state index in [1.165, 1.54) is 18.2 Å². The highest BCUT2D eigenvalue weighted by molar-refractivity contribution is 6.31. The molecular weight excluding hydrogens is 386 g/mol. The van der Waals surface area contributed by atoms with E-state index in [0.717, 1.165) is 37.9 Å². The summed E-state index contributed by atoms with van der Waals surface area (Å²) in [6, 6.07) is 13.7. The van der Waals surface area contributed by atoms with Gasteiger partial charge in [0.1, 0.15) is 6.04 Å². The molecule has 6 heteroatoms. The fourth-order valence-corrected chi connectivity index (χ4v) is 4.58. The molecule has 0 unspecified atom stereocenters. The van der Waals surface area contributed by atoms with Crippen molar-refractivity contribution in [1.82, 2.24) is 4.90 Å². The zero-order chi connectivity index (χ0) is 20.4. The molecule has 152 valence electrons. The maximum atomic E-state index is 12.7. The Morgan fingerprint density at radius 3 is 2.76 bits per heavy atom. The van der Waals surface area contributed by atoms with Crippen LogP contribution >= 0.6 is 11.6 Å². The van der Waals surface area contributed by atoms with E-state index in [9.17, 15) is 9.59 Å². The molecule has 2 aromatic carbocycles. The summed E-state index contributed by atoms with van der Waals surface area (Å²) in [5, 5.41) is 3.58. The number of carbonyl (C=O) groups excluding carboxylic acids is 2. The molecule has 2 heterocycles. The highest BCUT2D eigenvalue weighted by atomic mass is 35.5. The van der Waals surface area contributed by atoms with E-state index < -0.39 is 6.04 Å². The third-order valence-electron chi connectivity index (χ3n) is 5.88. The summed E-state index contributed by atoms with van der Waals surface area (Å²) in [6.45, 7) is 3.89. The number of carbonyl (C=O) groups is 2. The molecule has 1 atom stereocenters. The molecule has 0 saturated carbocycles. The van der Waals surface area contributed by atoms with E-state index >= 15 is 0 Å². The largest absolute Gasteiger partial charge is 0.367 e. The lowest BCUT2D eigenvalue weighted by atomic mass is 10.0. The topological polar surface area (TPSA) is 52.7 Å². The van der Waals surface area contributed by atoms with Crippen molar-refractivity contribution in [2.45, 2.75) is 45.2 Å². The molecule has 5 nitrogen and oxygen atoms in total. The second-order valence-corrected chi connectivity index (χ2v) is 8.23. The Morgan fingerprint density at radius 1 is 1.14 bits per heavy atom. The molecule has 0 radical (unpaired) electrons. The van der Waals surface area contributed by atoms with E-state index in [2.05, 4.69) is 34.5 Å². The lowest BCUT2D eigenvalue weighted by Gasteiger charge is -2.33. The van der Waals surface area contributed by atoms with E-state index in [-0.39, 0.29) is 11.8 Å². The molecule has 0 spiro atoms. The molecule has 1 fully saturated rings. The Bertz CT molecular complexity index is 930. The second-order valence-electron chi connectivity index (χ2n) is 7.82. The van der Waals surface area contributed by atoms with Gasteiger partial charge in [0.05, 0.1) is 0 Å². The average Bonchev–Trinajstić information content (AvgIpc) is 3.13. The van der Waals surface area contributed by atoms with Crippen molar-refractivity contribution >= 4 is 34.8 Å². The summed E-state index contributed by atoms with van der Waals surface area (Å²) >= 11 is 6.54. The highest BCUT2D eigenvalue weighted by Gasteiger charge is 2.30. The number of para-hydroxylation sites is 1. The van der Waals surface area contributed by atoms with Gasteiger partial charge < -0.3 is 15.1 Å². The monoisotopic (exact) mass is 411 g/mol. The molecule has 0 bridgehead atoms.